The number of nitrogens with zero attached hydrogens (tertiary/aromatic N) is 1. The molecule has 3 atom stereocenters. The van der Waals surface area contributed by atoms with Crippen molar-refractivity contribution >= 4 is 11.5 Å². The molecule has 4 nitrogen and oxygen atoms in total. The van der Waals surface area contributed by atoms with Crippen LogP contribution in [0.2, 0.25) is 0 Å². The Balaban J connectivity index is 2.01. The van der Waals surface area contributed by atoms with Gasteiger partial charge in [-0.1, -0.05) is 20.3 Å². The Morgan fingerprint density at radius 2 is 2.29 bits per heavy atom. The van der Waals surface area contributed by atoms with E-state index in [1.165, 1.54) is 19.3 Å². The largest absolute Gasteiger partial charge is 0.382 e. The quantitative estimate of drug-likeness (QED) is 0.553. The zero-order chi connectivity index (χ0) is 12.3. The lowest BCUT2D eigenvalue weighted by Gasteiger charge is -2.22. The Morgan fingerprint density at radius 1 is 1.47 bits per heavy atom. The fourth-order valence-corrected chi connectivity index (χ4v) is 2.84. The van der Waals surface area contributed by atoms with E-state index in [1.54, 1.807) is 6.20 Å². The van der Waals surface area contributed by atoms with E-state index in [0.29, 0.717) is 11.9 Å². The molecule has 2 rings (SSSR count). The van der Waals surface area contributed by atoms with Crippen molar-refractivity contribution in [3.8, 4) is 0 Å². The van der Waals surface area contributed by atoms with Crippen molar-refractivity contribution in [2.75, 3.05) is 10.7 Å². The maximum absolute atomic E-state index is 5.36. The molecule has 4 heteroatoms. The molecule has 1 aliphatic carbocycles. The maximum atomic E-state index is 5.36. The van der Waals surface area contributed by atoms with Gasteiger partial charge in [0.05, 0.1) is 0 Å². The predicted molar refractivity (Wildman–Crippen MR) is 71.6 cm³/mol. The number of nitrogens with two attached hydrogens (primary N) is 1. The van der Waals surface area contributed by atoms with Crippen molar-refractivity contribution in [2.45, 2.75) is 39.2 Å². The number of hydrazine groups is 1. The van der Waals surface area contributed by atoms with Crippen molar-refractivity contribution in [1.82, 2.24) is 4.98 Å². The lowest BCUT2D eigenvalue weighted by molar-refractivity contribution is 0.392. The topological polar surface area (TPSA) is 63.0 Å². The number of nitrogen functional groups attached to an aromatic ring is 1. The van der Waals surface area contributed by atoms with Gasteiger partial charge in [-0.05, 0) is 30.7 Å². The van der Waals surface area contributed by atoms with Crippen LogP contribution in [-0.2, 0) is 0 Å². The van der Waals surface area contributed by atoms with Gasteiger partial charge >= 0.3 is 0 Å². The number of pyridine rings is 1. The van der Waals surface area contributed by atoms with E-state index in [0.717, 1.165) is 17.5 Å². The van der Waals surface area contributed by atoms with E-state index in [2.05, 4.69) is 29.6 Å². The lowest BCUT2D eigenvalue weighted by Crippen LogP contribution is -2.24. The number of anilines is 2. The summed E-state index contributed by atoms with van der Waals surface area (Å²) in [6.45, 7) is 4.63. The van der Waals surface area contributed by atoms with Crippen LogP contribution in [0, 0.1) is 11.8 Å². The van der Waals surface area contributed by atoms with E-state index < -0.39 is 0 Å². The third-order valence-electron chi connectivity index (χ3n) is 4.01. The van der Waals surface area contributed by atoms with Crippen LogP contribution in [0.1, 0.15) is 33.1 Å². The van der Waals surface area contributed by atoms with Gasteiger partial charge < -0.3 is 10.7 Å². The van der Waals surface area contributed by atoms with Gasteiger partial charge in [0.2, 0.25) is 0 Å². The third-order valence-corrected chi connectivity index (χ3v) is 4.01. The summed E-state index contributed by atoms with van der Waals surface area (Å²) in [5.41, 5.74) is 3.67. The molecule has 0 aliphatic heterocycles. The Kier molecular flexibility index (Phi) is 3.84. The summed E-state index contributed by atoms with van der Waals surface area (Å²) >= 11 is 0. The molecule has 0 aromatic carbocycles. The smallest absolute Gasteiger partial charge is 0.141 e. The van der Waals surface area contributed by atoms with Crippen LogP contribution in [-0.4, -0.2) is 11.0 Å². The van der Waals surface area contributed by atoms with E-state index >= 15 is 0 Å². The highest BCUT2D eigenvalue weighted by atomic mass is 15.2. The summed E-state index contributed by atoms with van der Waals surface area (Å²) in [6.07, 6.45) is 5.65. The van der Waals surface area contributed by atoms with Crippen LogP contribution in [0.3, 0.4) is 0 Å². The first-order valence-corrected chi connectivity index (χ1v) is 6.43. The number of rotatable bonds is 4. The molecule has 1 saturated carbocycles. The van der Waals surface area contributed by atoms with E-state index in [4.69, 9.17) is 5.84 Å². The van der Waals surface area contributed by atoms with Crippen molar-refractivity contribution in [2.24, 2.45) is 17.7 Å². The Morgan fingerprint density at radius 3 is 2.94 bits per heavy atom. The molecule has 1 aromatic rings. The average Bonchev–Trinajstić information content (AvgIpc) is 2.71. The fourth-order valence-electron chi connectivity index (χ4n) is 2.84. The van der Waals surface area contributed by atoms with Gasteiger partial charge in [-0.15, -0.1) is 0 Å². The molecule has 0 bridgehead atoms. The van der Waals surface area contributed by atoms with Crippen molar-refractivity contribution < 1.29 is 0 Å². The van der Waals surface area contributed by atoms with E-state index in [9.17, 15) is 0 Å². The highest BCUT2D eigenvalue weighted by Crippen LogP contribution is 2.35. The van der Waals surface area contributed by atoms with Gasteiger partial charge in [0, 0.05) is 24.0 Å². The van der Waals surface area contributed by atoms with Crippen molar-refractivity contribution in [1.29, 1.82) is 0 Å². The monoisotopic (exact) mass is 234 g/mol. The maximum Gasteiger partial charge on any atom is 0.141 e. The number of hydrogen-bond donors (Lipinski definition) is 3. The first-order valence-electron chi connectivity index (χ1n) is 6.43. The van der Waals surface area contributed by atoms with Crippen LogP contribution in [0.5, 0.6) is 0 Å². The molecule has 3 unspecified atom stereocenters. The van der Waals surface area contributed by atoms with Crippen molar-refractivity contribution in [3.05, 3.63) is 18.3 Å². The summed E-state index contributed by atoms with van der Waals surface area (Å²) in [5.74, 6) is 7.66. The van der Waals surface area contributed by atoms with Crippen LogP contribution in [0.25, 0.3) is 0 Å². The predicted octanol–water partition coefficient (Wildman–Crippen LogP) is 2.60. The van der Waals surface area contributed by atoms with Crippen molar-refractivity contribution in [3.63, 3.8) is 0 Å². The molecular formula is C13H22N4. The van der Waals surface area contributed by atoms with Gasteiger partial charge in [-0.3, -0.25) is 0 Å². The third kappa shape index (κ3) is 2.69. The van der Waals surface area contributed by atoms with E-state index in [-0.39, 0.29) is 0 Å². The van der Waals surface area contributed by atoms with Crippen LogP contribution < -0.4 is 16.6 Å². The highest BCUT2D eigenvalue weighted by Gasteiger charge is 2.31. The molecule has 4 N–H and O–H groups in total. The second-order valence-corrected chi connectivity index (χ2v) is 4.93. The fraction of sp³-hybridized carbons (Fsp3) is 0.615. The molecule has 1 aromatic heterocycles. The molecule has 0 saturated heterocycles. The summed E-state index contributed by atoms with van der Waals surface area (Å²) in [5, 5.41) is 3.59. The second kappa shape index (κ2) is 5.36. The molecular weight excluding hydrogens is 212 g/mol. The molecule has 0 amide bonds. The number of nitrogens with one attached hydrogen (secondary N) is 2. The molecule has 1 fully saturated rings. The summed E-state index contributed by atoms with van der Waals surface area (Å²) in [6, 6.07) is 4.52. The minimum Gasteiger partial charge on any atom is -0.382 e. The molecule has 94 valence electrons. The van der Waals surface area contributed by atoms with Gasteiger partial charge in [0.15, 0.2) is 0 Å². The number of hydrogen-bond acceptors (Lipinski definition) is 4. The Labute approximate surface area is 103 Å². The first kappa shape index (κ1) is 12.2. The van der Waals surface area contributed by atoms with Gasteiger partial charge in [0.1, 0.15) is 5.82 Å². The molecule has 0 spiro atoms. The first-order chi connectivity index (χ1) is 8.24. The molecule has 1 heterocycles. The highest BCUT2D eigenvalue weighted by molar-refractivity contribution is 5.52. The van der Waals surface area contributed by atoms with Gasteiger partial charge in [-0.25, -0.2) is 10.8 Å². The zero-order valence-electron chi connectivity index (χ0n) is 10.6. The Hall–Kier alpha value is -1.29. The molecule has 0 radical (unpaired) electrons. The van der Waals surface area contributed by atoms with Crippen LogP contribution in [0.15, 0.2) is 18.3 Å². The summed E-state index contributed by atoms with van der Waals surface area (Å²) < 4.78 is 0. The molecule has 17 heavy (non-hydrogen) atoms. The lowest BCUT2D eigenvalue weighted by atomic mass is 9.93. The van der Waals surface area contributed by atoms with Gasteiger partial charge in [0.25, 0.3) is 0 Å². The number of aromatic nitrogens is 1. The van der Waals surface area contributed by atoms with Gasteiger partial charge in [-0.2, -0.15) is 0 Å². The summed E-state index contributed by atoms with van der Waals surface area (Å²) in [4.78, 5) is 4.11. The molecule has 1 aliphatic rings. The SMILES string of the molecule is CCC1CCC(Nc2ccnc(NN)c2)C1C. The van der Waals surface area contributed by atoms with Crippen LogP contribution in [0.4, 0.5) is 11.5 Å². The Bertz CT molecular complexity index is 366. The normalized spacial score (nSPS) is 28.1. The minimum absolute atomic E-state index is 0.577. The van der Waals surface area contributed by atoms with E-state index in [1.807, 2.05) is 12.1 Å². The summed E-state index contributed by atoms with van der Waals surface area (Å²) in [7, 11) is 0. The average molecular weight is 234 g/mol. The second-order valence-electron chi connectivity index (χ2n) is 4.93. The zero-order valence-corrected chi connectivity index (χ0v) is 10.6. The minimum atomic E-state index is 0.577. The van der Waals surface area contributed by atoms with Crippen LogP contribution >= 0.6 is 0 Å². The standard InChI is InChI=1S/C13H22N4/c1-3-10-4-5-12(9(10)2)16-11-6-7-15-13(8-11)17-14/h6-10,12H,3-5,14H2,1-2H3,(H2,15,16,17).